The standard InChI is InChI=1S/C28H23N3O2/c32-27(30-17-20-9-2-1-3-10-20)26-24-14-6-7-15-25(24)28(33)31(26)19-22-11-4-5-13-23(22)21-12-8-16-29-18-21/h1-16,18,26H,17,19H2,(H,30,32). The van der Waals surface area contributed by atoms with Crippen molar-refractivity contribution in [2.24, 2.45) is 0 Å². The minimum absolute atomic E-state index is 0.133. The topological polar surface area (TPSA) is 62.3 Å². The number of fused-ring (bicyclic) bond motifs is 1. The van der Waals surface area contributed by atoms with Crippen molar-refractivity contribution in [2.45, 2.75) is 19.1 Å². The average Bonchev–Trinajstić information content (AvgIpc) is 3.15. The molecule has 0 spiro atoms. The first-order chi connectivity index (χ1) is 16.2. The number of aromatic nitrogens is 1. The molecule has 4 aromatic rings. The molecule has 162 valence electrons. The number of carbonyl (C=O) groups is 2. The highest BCUT2D eigenvalue weighted by Gasteiger charge is 2.40. The maximum Gasteiger partial charge on any atom is 0.255 e. The zero-order valence-electron chi connectivity index (χ0n) is 18.0. The third-order valence-electron chi connectivity index (χ3n) is 5.95. The van der Waals surface area contributed by atoms with Crippen molar-refractivity contribution in [1.29, 1.82) is 0 Å². The van der Waals surface area contributed by atoms with Crippen molar-refractivity contribution >= 4 is 11.8 Å². The van der Waals surface area contributed by atoms with E-state index in [0.717, 1.165) is 27.8 Å². The predicted octanol–water partition coefficient (Wildman–Crippen LogP) is 4.76. The molecule has 1 atom stereocenters. The third-order valence-corrected chi connectivity index (χ3v) is 5.95. The molecule has 33 heavy (non-hydrogen) atoms. The van der Waals surface area contributed by atoms with Crippen LogP contribution < -0.4 is 5.32 Å². The number of rotatable bonds is 6. The maximum absolute atomic E-state index is 13.4. The zero-order chi connectivity index (χ0) is 22.6. The molecule has 0 radical (unpaired) electrons. The molecule has 1 aliphatic rings. The number of nitrogens with zero attached hydrogens (tertiary/aromatic N) is 2. The van der Waals surface area contributed by atoms with Gasteiger partial charge < -0.3 is 10.2 Å². The van der Waals surface area contributed by atoms with Crippen LogP contribution in [0.25, 0.3) is 11.1 Å². The van der Waals surface area contributed by atoms with E-state index < -0.39 is 6.04 Å². The molecule has 1 aliphatic heterocycles. The van der Waals surface area contributed by atoms with Crippen LogP contribution in [-0.2, 0) is 17.9 Å². The summed E-state index contributed by atoms with van der Waals surface area (Å²) in [5, 5.41) is 3.02. The molecule has 0 saturated heterocycles. The van der Waals surface area contributed by atoms with Gasteiger partial charge in [0.2, 0.25) is 5.91 Å². The van der Waals surface area contributed by atoms with Crippen molar-refractivity contribution < 1.29 is 9.59 Å². The number of pyridine rings is 1. The van der Waals surface area contributed by atoms with Crippen molar-refractivity contribution in [1.82, 2.24) is 15.2 Å². The largest absolute Gasteiger partial charge is 0.350 e. The SMILES string of the molecule is O=C(NCc1ccccc1)C1c2ccccc2C(=O)N1Cc1ccccc1-c1cccnc1. The summed E-state index contributed by atoms with van der Waals surface area (Å²) in [4.78, 5) is 32.6. The van der Waals surface area contributed by atoms with Crippen LogP contribution in [0.4, 0.5) is 0 Å². The second-order valence-electron chi connectivity index (χ2n) is 8.03. The van der Waals surface area contributed by atoms with Crippen molar-refractivity contribution in [2.75, 3.05) is 0 Å². The van der Waals surface area contributed by atoms with Gasteiger partial charge in [0.05, 0.1) is 0 Å². The lowest BCUT2D eigenvalue weighted by Gasteiger charge is -2.26. The normalized spacial score (nSPS) is 14.7. The second kappa shape index (κ2) is 9.09. The summed E-state index contributed by atoms with van der Waals surface area (Å²) in [6, 6.07) is 28.3. The zero-order valence-corrected chi connectivity index (χ0v) is 18.0. The lowest BCUT2D eigenvalue weighted by atomic mass is 10.00. The number of nitrogens with one attached hydrogen (secondary N) is 1. The van der Waals surface area contributed by atoms with Crippen molar-refractivity contribution in [3.8, 4) is 11.1 Å². The van der Waals surface area contributed by atoms with Crippen LogP contribution in [0, 0.1) is 0 Å². The first-order valence-electron chi connectivity index (χ1n) is 10.9. The number of hydrogen-bond acceptors (Lipinski definition) is 3. The average molecular weight is 434 g/mol. The Morgan fingerprint density at radius 1 is 0.848 bits per heavy atom. The first-order valence-corrected chi connectivity index (χ1v) is 10.9. The highest BCUT2D eigenvalue weighted by atomic mass is 16.2. The molecule has 1 N–H and O–H groups in total. The fourth-order valence-corrected chi connectivity index (χ4v) is 4.34. The Hall–Kier alpha value is -4.25. The molecule has 0 bridgehead atoms. The number of benzene rings is 3. The van der Waals surface area contributed by atoms with Gasteiger partial charge in [-0.3, -0.25) is 14.6 Å². The minimum atomic E-state index is -0.681. The van der Waals surface area contributed by atoms with Gasteiger partial charge in [-0.05, 0) is 34.4 Å². The highest BCUT2D eigenvalue weighted by Crippen LogP contribution is 2.36. The molecular formula is C28H23N3O2. The fourth-order valence-electron chi connectivity index (χ4n) is 4.34. The Morgan fingerprint density at radius 3 is 2.36 bits per heavy atom. The Kier molecular flexibility index (Phi) is 5.68. The summed E-state index contributed by atoms with van der Waals surface area (Å²) in [6.07, 6.45) is 3.54. The van der Waals surface area contributed by atoms with Gasteiger partial charge in [-0.2, -0.15) is 0 Å². The molecule has 1 aromatic heterocycles. The Balaban J connectivity index is 1.46. The first kappa shape index (κ1) is 20.6. The molecule has 0 fully saturated rings. The van der Waals surface area contributed by atoms with Crippen LogP contribution in [0.5, 0.6) is 0 Å². The van der Waals surface area contributed by atoms with Gasteiger partial charge in [0.25, 0.3) is 5.91 Å². The maximum atomic E-state index is 13.4. The number of carbonyl (C=O) groups excluding carboxylic acids is 2. The molecule has 2 heterocycles. The molecule has 0 saturated carbocycles. The van der Waals surface area contributed by atoms with E-state index >= 15 is 0 Å². The van der Waals surface area contributed by atoms with Crippen LogP contribution in [0.3, 0.4) is 0 Å². The van der Waals surface area contributed by atoms with E-state index in [2.05, 4.69) is 10.3 Å². The fraction of sp³-hybridized carbons (Fsp3) is 0.107. The van der Waals surface area contributed by atoms with Gasteiger partial charge in [-0.15, -0.1) is 0 Å². The van der Waals surface area contributed by atoms with Gasteiger partial charge in [-0.1, -0.05) is 78.9 Å². The molecule has 5 nitrogen and oxygen atoms in total. The van der Waals surface area contributed by atoms with Gasteiger partial charge in [0.15, 0.2) is 0 Å². The van der Waals surface area contributed by atoms with E-state index in [1.807, 2.05) is 91.1 Å². The number of amides is 2. The predicted molar refractivity (Wildman–Crippen MR) is 127 cm³/mol. The molecule has 5 rings (SSSR count). The summed E-state index contributed by atoms with van der Waals surface area (Å²) in [7, 11) is 0. The Bertz CT molecular complexity index is 1290. The molecular weight excluding hydrogens is 410 g/mol. The van der Waals surface area contributed by atoms with Crippen LogP contribution in [0.15, 0.2) is 103 Å². The van der Waals surface area contributed by atoms with E-state index in [1.165, 1.54) is 0 Å². The van der Waals surface area contributed by atoms with Crippen LogP contribution in [0.1, 0.15) is 33.1 Å². The molecule has 0 aliphatic carbocycles. The monoisotopic (exact) mass is 433 g/mol. The summed E-state index contributed by atoms with van der Waals surface area (Å²) in [5.74, 6) is -0.317. The van der Waals surface area contributed by atoms with E-state index in [9.17, 15) is 9.59 Å². The van der Waals surface area contributed by atoms with Crippen LogP contribution >= 0.6 is 0 Å². The van der Waals surface area contributed by atoms with E-state index in [1.54, 1.807) is 17.2 Å². The molecule has 1 unspecified atom stereocenters. The van der Waals surface area contributed by atoms with Crippen molar-refractivity contribution in [3.63, 3.8) is 0 Å². The highest BCUT2D eigenvalue weighted by molar-refractivity contribution is 6.04. The molecule has 3 aromatic carbocycles. The summed E-state index contributed by atoms with van der Waals surface area (Å²) in [5.41, 5.74) is 5.27. The number of hydrogen-bond donors (Lipinski definition) is 1. The van der Waals surface area contributed by atoms with Gasteiger partial charge in [0, 0.05) is 36.6 Å². The van der Waals surface area contributed by atoms with E-state index in [-0.39, 0.29) is 11.8 Å². The van der Waals surface area contributed by atoms with E-state index in [4.69, 9.17) is 0 Å². The minimum Gasteiger partial charge on any atom is -0.350 e. The van der Waals surface area contributed by atoms with Crippen LogP contribution in [-0.4, -0.2) is 21.7 Å². The third kappa shape index (κ3) is 4.13. The van der Waals surface area contributed by atoms with Gasteiger partial charge >= 0.3 is 0 Å². The Morgan fingerprint density at radius 2 is 1.58 bits per heavy atom. The second-order valence-corrected chi connectivity index (χ2v) is 8.03. The smallest absolute Gasteiger partial charge is 0.255 e. The lowest BCUT2D eigenvalue weighted by molar-refractivity contribution is -0.125. The van der Waals surface area contributed by atoms with Crippen molar-refractivity contribution in [3.05, 3.63) is 126 Å². The summed E-state index contributed by atoms with van der Waals surface area (Å²) >= 11 is 0. The van der Waals surface area contributed by atoms with Gasteiger partial charge in [0.1, 0.15) is 6.04 Å². The lowest BCUT2D eigenvalue weighted by Crippen LogP contribution is -2.38. The Labute approximate surface area is 192 Å². The molecule has 2 amide bonds. The quantitative estimate of drug-likeness (QED) is 0.477. The summed E-state index contributed by atoms with van der Waals surface area (Å²) < 4.78 is 0. The van der Waals surface area contributed by atoms with Crippen LogP contribution in [0.2, 0.25) is 0 Å². The molecule has 5 heteroatoms. The van der Waals surface area contributed by atoms with E-state index in [0.29, 0.717) is 18.7 Å². The summed E-state index contributed by atoms with van der Waals surface area (Å²) in [6.45, 7) is 0.731. The van der Waals surface area contributed by atoms with Gasteiger partial charge in [-0.25, -0.2) is 0 Å².